The van der Waals surface area contributed by atoms with E-state index in [0.29, 0.717) is 31.0 Å². The monoisotopic (exact) mass is 465 g/mol. The highest BCUT2D eigenvalue weighted by Gasteiger charge is 2.57. The van der Waals surface area contributed by atoms with E-state index in [9.17, 15) is 9.90 Å². The SMILES string of the molecule is CCOCC(OC(=O)O)[C@H]1CC[C@@]2(C)C(=CC[C@@H]3[C@@H]2CC[C@]2(C)C(c4cccnc4)=CC[C@@H]32)C1. The molecule has 0 saturated heterocycles. The summed E-state index contributed by atoms with van der Waals surface area (Å²) in [5, 5.41) is 9.27. The van der Waals surface area contributed by atoms with E-state index in [-0.39, 0.29) is 22.9 Å². The Bertz CT molecular complexity index is 972. The molecule has 5 rings (SSSR count). The van der Waals surface area contributed by atoms with E-state index in [1.165, 1.54) is 30.4 Å². The smallest absolute Gasteiger partial charge is 0.450 e. The summed E-state index contributed by atoms with van der Waals surface area (Å²) in [6, 6.07) is 4.28. The summed E-state index contributed by atoms with van der Waals surface area (Å²) in [5.41, 5.74) is 4.81. The summed E-state index contributed by atoms with van der Waals surface area (Å²) in [5.74, 6) is 2.32. The fourth-order valence-corrected chi connectivity index (χ4v) is 8.17. The first-order valence-corrected chi connectivity index (χ1v) is 13.1. The Morgan fingerprint density at radius 2 is 2.00 bits per heavy atom. The van der Waals surface area contributed by atoms with Crippen LogP contribution in [0.4, 0.5) is 4.79 Å². The standard InChI is InChI=1S/C29H39NO4/c1-4-33-18-26(34-27(31)32)19-11-13-28(2)21(16-19)7-8-22-24-10-9-23(20-6-5-15-30-17-20)29(24,3)14-12-25(22)28/h5-7,9,15,17,19,22,24-26H,4,8,10-14,16,18H2,1-3H3,(H,31,32)/t19-,22-,24-,25-,26?,28-,29+/m0/s1. The predicted molar refractivity (Wildman–Crippen MR) is 132 cm³/mol. The second-order valence-electron chi connectivity index (χ2n) is 11.4. The van der Waals surface area contributed by atoms with Crippen molar-refractivity contribution in [3.05, 3.63) is 47.8 Å². The number of hydrogen-bond donors (Lipinski definition) is 1. The molecule has 0 aliphatic heterocycles. The lowest BCUT2D eigenvalue weighted by atomic mass is 9.46. The van der Waals surface area contributed by atoms with E-state index in [4.69, 9.17) is 9.47 Å². The zero-order valence-corrected chi connectivity index (χ0v) is 20.8. The third-order valence-corrected chi connectivity index (χ3v) is 9.96. The van der Waals surface area contributed by atoms with Crippen molar-refractivity contribution in [2.45, 2.75) is 71.8 Å². The van der Waals surface area contributed by atoms with Crippen LogP contribution in [0, 0.1) is 34.5 Å². The Morgan fingerprint density at radius 3 is 2.74 bits per heavy atom. The van der Waals surface area contributed by atoms with Gasteiger partial charge in [0.15, 0.2) is 0 Å². The van der Waals surface area contributed by atoms with Crippen LogP contribution in [0.5, 0.6) is 0 Å². The van der Waals surface area contributed by atoms with Crippen molar-refractivity contribution in [1.82, 2.24) is 4.98 Å². The van der Waals surface area contributed by atoms with Crippen LogP contribution in [-0.2, 0) is 9.47 Å². The lowest BCUT2D eigenvalue weighted by Gasteiger charge is -2.58. The van der Waals surface area contributed by atoms with Crippen LogP contribution in [0.1, 0.15) is 71.3 Å². The zero-order valence-electron chi connectivity index (χ0n) is 20.8. The topological polar surface area (TPSA) is 68.7 Å². The van der Waals surface area contributed by atoms with Crippen molar-refractivity contribution in [3.8, 4) is 0 Å². The molecule has 0 bridgehead atoms. The van der Waals surface area contributed by atoms with E-state index in [2.05, 4.69) is 43.1 Å². The van der Waals surface area contributed by atoms with Gasteiger partial charge in [-0.15, -0.1) is 0 Å². The number of rotatable bonds is 6. The van der Waals surface area contributed by atoms with Gasteiger partial charge in [0.2, 0.25) is 0 Å². The molecule has 184 valence electrons. The Balaban J connectivity index is 1.35. The second-order valence-corrected chi connectivity index (χ2v) is 11.4. The lowest BCUT2D eigenvalue weighted by Crippen LogP contribution is -2.50. The molecule has 34 heavy (non-hydrogen) atoms. The Morgan fingerprint density at radius 1 is 1.18 bits per heavy atom. The van der Waals surface area contributed by atoms with Crippen LogP contribution in [-0.4, -0.2) is 35.6 Å². The average Bonchev–Trinajstić information content (AvgIpc) is 3.19. The number of fused-ring (bicyclic) bond motifs is 5. The minimum atomic E-state index is -1.19. The number of allylic oxidation sites excluding steroid dienone is 4. The van der Waals surface area contributed by atoms with Crippen molar-refractivity contribution < 1.29 is 19.4 Å². The van der Waals surface area contributed by atoms with Gasteiger partial charge in [0.25, 0.3) is 0 Å². The van der Waals surface area contributed by atoms with Gasteiger partial charge in [0.05, 0.1) is 6.61 Å². The highest BCUT2D eigenvalue weighted by Crippen LogP contribution is 2.66. The van der Waals surface area contributed by atoms with Crippen LogP contribution in [0.25, 0.3) is 5.57 Å². The minimum Gasteiger partial charge on any atom is -0.450 e. The molecule has 1 N–H and O–H groups in total. The fraction of sp³-hybridized carbons (Fsp3) is 0.655. The van der Waals surface area contributed by atoms with Gasteiger partial charge in [-0.25, -0.2) is 4.79 Å². The average molecular weight is 466 g/mol. The van der Waals surface area contributed by atoms with Crippen molar-refractivity contribution in [2.24, 2.45) is 34.5 Å². The van der Waals surface area contributed by atoms with Gasteiger partial charge in [0.1, 0.15) is 6.10 Å². The molecule has 5 heteroatoms. The molecule has 4 aliphatic carbocycles. The molecule has 0 spiro atoms. The van der Waals surface area contributed by atoms with E-state index < -0.39 is 6.16 Å². The summed E-state index contributed by atoms with van der Waals surface area (Å²) in [4.78, 5) is 15.7. The van der Waals surface area contributed by atoms with E-state index in [1.807, 2.05) is 19.3 Å². The largest absolute Gasteiger partial charge is 0.506 e. The molecule has 0 aromatic carbocycles. The zero-order chi connectivity index (χ0) is 23.9. The van der Waals surface area contributed by atoms with E-state index >= 15 is 0 Å². The maximum atomic E-state index is 11.3. The number of pyridine rings is 1. The fourth-order valence-electron chi connectivity index (χ4n) is 8.17. The molecule has 7 atom stereocenters. The molecule has 1 aromatic rings. The van der Waals surface area contributed by atoms with Gasteiger partial charge in [0, 0.05) is 24.9 Å². The van der Waals surface area contributed by atoms with Gasteiger partial charge in [-0.1, -0.05) is 37.6 Å². The highest BCUT2D eigenvalue weighted by atomic mass is 16.7. The second kappa shape index (κ2) is 9.14. The predicted octanol–water partition coefficient (Wildman–Crippen LogP) is 6.75. The molecule has 1 aromatic heterocycles. The van der Waals surface area contributed by atoms with Crippen molar-refractivity contribution >= 4 is 11.7 Å². The molecule has 1 heterocycles. The molecule has 1 unspecified atom stereocenters. The summed E-state index contributed by atoms with van der Waals surface area (Å²) >= 11 is 0. The van der Waals surface area contributed by atoms with E-state index in [1.54, 1.807) is 5.57 Å². The molecule has 0 amide bonds. The number of nitrogens with zero attached hydrogens (tertiary/aromatic N) is 1. The lowest BCUT2D eigenvalue weighted by molar-refractivity contribution is -0.0510. The maximum Gasteiger partial charge on any atom is 0.506 e. The Kier molecular flexibility index (Phi) is 6.34. The van der Waals surface area contributed by atoms with Gasteiger partial charge >= 0.3 is 6.16 Å². The van der Waals surface area contributed by atoms with Crippen molar-refractivity contribution in [3.63, 3.8) is 0 Å². The van der Waals surface area contributed by atoms with Crippen LogP contribution in [0.2, 0.25) is 0 Å². The third-order valence-electron chi connectivity index (χ3n) is 9.96. The summed E-state index contributed by atoms with van der Waals surface area (Å²) in [6.45, 7) is 7.86. The third kappa shape index (κ3) is 3.90. The Hall–Kier alpha value is -2.14. The van der Waals surface area contributed by atoms with E-state index in [0.717, 1.165) is 25.7 Å². The first kappa shape index (κ1) is 23.6. The summed E-state index contributed by atoms with van der Waals surface area (Å²) in [7, 11) is 0. The molecular weight excluding hydrogens is 426 g/mol. The van der Waals surface area contributed by atoms with Gasteiger partial charge in [-0.2, -0.15) is 0 Å². The highest BCUT2D eigenvalue weighted by molar-refractivity contribution is 5.72. The Labute approximate surface area is 203 Å². The van der Waals surface area contributed by atoms with Crippen LogP contribution >= 0.6 is 0 Å². The minimum absolute atomic E-state index is 0.206. The van der Waals surface area contributed by atoms with Crippen molar-refractivity contribution in [1.29, 1.82) is 0 Å². The first-order chi connectivity index (χ1) is 16.4. The van der Waals surface area contributed by atoms with Gasteiger partial charge < -0.3 is 14.6 Å². The molecular formula is C29H39NO4. The number of hydrogen-bond acceptors (Lipinski definition) is 4. The molecule has 4 aliphatic rings. The quantitative estimate of drug-likeness (QED) is 0.372. The molecule has 0 radical (unpaired) electrons. The number of ether oxygens (including phenoxy) is 2. The van der Waals surface area contributed by atoms with Crippen LogP contribution in [0.15, 0.2) is 42.3 Å². The maximum absolute atomic E-state index is 11.3. The first-order valence-electron chi connectivity index (χ1n) is 13.1. The van der Waals surface area contributed by atoms with Crippen LogP contribution < -0.4 is 0 Å². The van der Waals surface area contributed by atoms with Gasteiger partial charge in [-0.3, -0.25) is 4.98 Å². The molecule has 2 fully saturated rings. The number of aromatic nitrogens is 1. The molecule has 5 nitrogen and oxygen atoms in total. The normalized spacial score (nSPS) is 37.5. The summed E-state index contributed by atoms with van der Waals surface area (Å²) < 4.78 is 10.9. The molecule has 2 saturated carbocycles. The van der Waals surface area contributed by atoms with Crippen LogP contribution in [0.3, 0.4) is 0 Å². The number of carbonyl (C=O) groups is 1. The van der Waals surface area contributed by atoms with Crippen molar-refractivity contribution in [2.75, 3.05) is 13.2 Å². The summed E-state index contributed by atoms with van der Waals surface area (Å²) in [6.07, 6.45) is 15.2. The van der Waals surface area contributed by atoms with Gasteiger partial charge in [-0.05, 0) is 97.7 Å². The number of carboxylic acid groups (broad SMARTS) is 1.